The predicted octanol–water partition coefficient (Wildman–Crippen LogP) is 5.58. The zero-order valence-corrected chi connectivity index (χ0v) is 14.0. The van der Waals surface area contributed by atoms with Crippen molar-refractivity contribution in [2.75, 3.05) is 5.32 Å². The number of pyridine rings is 1. The first-order valence-electron chi connectivity index (χ1n) is 8.92. The fraction of sp³-hybridized carbons (Fsp3) is 0.174. The topological polar surface area (TPSA) is 24.9 Å². The smallest absolute Gasteiger partial charge is 0.0569 e. The summed E-state index contributed by atoms with van der Waals surface area (Å²) in [6.07, 6.45) is 9.69. The number of aromatic nitrogens is 1. The van der Waals surface area contributed by atoms with E-state index >= 15 is 0 Å². The Morgan fingerprint density at radius 1 is 0.920 bits per heavy atom. The van der Waals surface area contributed by atoms with Gasteiger partial charge in [-0.15, -0.1) is 0 Å². The fourth-order valence-corrected chi connectivity index (χ4v) is 4.29. The molecule has 2 aliphatic rings. The quantitative estimate of drug-likeness (QED) is 0.623. The molecule has 1 aromatic heterocycles. The van der Waals surface area contributed by atoms with Crippen LogP contribution in [0.5, 0.6) is 0 Å². The van der Waals surface area contributed by atoms with Crippen LogP contribution in [0.2, 0.25) is 0 Å². The van der Waals surface area contributed by atoms with Gasteiger partial charge in [0.25, 0.3) is 0 Å². The molecule has 0 spiro atoms. The van der Waals surface area contributed by atoms with Crippen LogP contribution in [0, 0.1) is 5.92 Å². The van der Waals surface area contributed by atoms with Crippen molar-refractivity contribution in [2.24, 2.45) is 5.92 Å². The highest BCUT2D eigenvalue weighted by Crippen LogP contribution is 2.50. The maximum Gasteiger partial charge on any atom is 0.0569 e. The van der Waals surface area contributed by atoms with Crippen molar-refractivity contribution in [3.63, 3.8) is 0 Å². The van der Waals surface area contributed by atoms with E-state index in [1.807, 2.05) is 18.5 Å². The molecular weight excluding hydrogens is 304 g/mol. The highest BCUT2D eigenvalue weighted by molar-refractivity contribution is 5.71. The molecule has 25 heavy (non-hydrogen) atoms. The third-order valence-corrected chi connectivity index (χ3v) is 5.51. The predicted molar refractivity (Wildman–Crippen MR) is 102 cm³/mol. The molecule has 2 heterocycles. The SMILES string of the molecule is C1=C[C@@H]2c3cc(-c4ccccc4)ccc3N[C@H](c3cccnc3)[C@@H]2C1. The van der Waals surface area contributed by atoms with E-state index in [2.05, 4.69) is 77.1 Å². The van der Waals surface area contributed by atoms with Gasteiger partial charge in [0.1, 0.15) is 0 Å². The summed E-state index contributed by atoms with van der Waals surface area (Å²) >= 11 is 0. The van der Waals surface area contributed by atoms with Crippen LogP contribution in [0.25, 0.3) is 11.1 Å². The van der Waals surface area contributed by atoms with Gasteiger partial charge in [-0.2, -0.15) is 0 Å². The lowest BCUT2D eigenvalue weighted by Gasteiger charge is -2.37. The second kappa shape index (κ2) is 5.89. The van der Waals surface area contributed by atoms with Crippen molar-refractivity contribution in [3.8, 4) is 11.1 Å². The van der Waals surface area contributed by atoms with E-state index in [4.69, 9.17) is 0 Å². The summed E-state index contributed by atoms with van der Waals surface area (Å²) in [5.41, 5.74) is 6.51. The van der Waals surface area contributed by atoms with Gasteiger partial charge in [0.2, 0.25) is 0 Å². The van der Waals surface area contributed by atoms with Crippen LogP contribution in [0.3, 0.4) is 0 Å². The first kappa shape index (κ1) is 14.5. The molecule has 1 aliphatic heterocycles. The summed E-state index contributed by atoms with van der Waals surface area (Å²) in [5.74, 6) is 1.04. The molecule has 2 aromatic carbocycles. The van der Waals surface area contributed by atoms with Gasteiger partial charge >= 0.3 is 0 Å². The molecule has 0 unspecified atom stereocenters. The summed E-state index contributed by atoms with van der Waals surface area (Å²) in [6, 6.07) is 22.0. The van der Waals surface area contributed by atoms with Crippen molar-refractivity contribution in [3.05, 3.63) is 96.3 Å². The normalized spacial score (nSPS) is 23.6. The molecule has 0 saturated heterocycles. The summed E-state index contributed by atoms with van der Waals surface area (Å²) in [7, 11) is 0. The van der Waals surface area contributed by atoms with Gasteiger partial charge in [0, 0.05) is 24.0 Å². The van der Waals surface area contributed by atoms with Crippen LogP contribution in [0.1, 0.15) is 29.5 Å². The second-order valence-electron chi connectivity index (χ2n) is 6.93. The van der Waals surface area contributed by atoms with E-state index in [-0.39, 0.29) is 0 Å². The molecule has 2 nitrogen and oxygen atoms in total. The summed E-state index contributed by atoms with van der Waals surface area (Å²) in [5, 5.41) is 3.78. The van der Waals surface area contributed by atoms with Crippen molar-refractivity contribution >= 4 is 5.69 Å². The Bertz CT molecular complexity index is 915. The second-order valence-corrected chi connectivity index (χ2v) is 6.93. The Labute approximate surface area is 148 Å². The average Bonchev–Trinajstić information content (AvgIpc) is 3.18. The zero-order chi connectivity index (χ0) is 16.6. The third kappa shape index (κ3) is 2.45. The number of anilines is 1. The summed E-state index contributed by atoms with van der Waals surface area (Å²) in [4.78, 5) is 4.32. The molecule has 5 rings (SSSR count). The Balaban J connectivity index is 1.58. The Kier molecular flexibility index (Phi) is 3.41. The van der Waals surface area contributed by atoms with Crippen molar-refractivity contribution in [2.45, 2.75) is 18.4 Å². The Morgan fingerprint density at radius 3 is 2.68 bits per heavy atom. The molecule has 0 amide bonds. The van der Waals surface area contributed by atoms with Crippen molar-refractivity contribution in [1.29, 1.82) is 0 Å². The monoisotopic (exact) mass is 324 g/mol. The van der Waals surface area contributed by atoms with Crippen molar-refractivity contribution < 1.29 is 0 Å². The standard InChI is InChI=1S/C23H20N2/c1-2-6-16(7-3-1)17-11-12-22-21(14-17)19-9-4-10-20(19)23(25-22)18-8-5-13-24-15-18/h1-9,11-15,19-20,23,25H,10H2/t19-,20+,23+/m0/s1. The van der Waals surface area contributed by atoms with E-state index in [0.29, 0.717) is 17.9 Å². The lowest BCUT2D eigenvalue weighted by Crippen LogP contribution is -2.29. The minimum atomic E-state index is 0.323. The van der Waals surface area contributed by atoms with E-state index in [9.17, 15) is 0 Å². The van der Waals surface area contributed by atoms with E-state index in [0.717, 1.165) is 6.42 Å². The maximum absolute atomic E-state index is 4.32. The molecular formula is C23H20N2. The number of hydrogen-bond donors (Lipinski definition) is 1. The van der Waals surface area contributed by atoms with Crippen LogP contribution in [-0.4, -0.2) is 4.98 Å². The van der Waals surface area contributed by atoms with Gasteiger partial charge in [-0.25, -0.2) is 0 Å². The summed E-state index contributed by atoms with van der Waals surface area (Å²) < 4.78 is 0. The van der Waals surface area contributed by atoms with Gasteiger partial charge in [0.15, 0.2) is 0 Å². The van der Waals surface area contributed by atoms with E-state index in [1.165, 1.54) is 27.9 Å². The third-order valence-electron chi connectivity index (χ3n) is 5.51. The van der Waals surface area contributed by atoms with Gasteiger partial charge in [0.05, 0.1) is 6.04 Å². The molecule has 0 fully saturated rings. The van der Waals surface area contributed by atoms with Crippen LogP contribution in [0.15, 0.2) is 85.2 Å². The first-order chi connectivity index (χ1) is 12.4. The average molecular weight is 324 g/mol. The highest BCUT2D eigenvalue weighted by Gasteiger charge is 2.37. The van der Waals surface area contributed by atoms with Gasteiger partial charge < -0.3 is 5.32 Å². The van der Waals surface area contributed by atoms with Crippen molar-refractivity contribution in [1.82, 2.24) is 4.98 Å². The molecule has 0 saturated carbocycles. The van der Waals surface area contributed by atoms with Crippen LogP contribution < -0.4 is 5.32 Å². The van der Waals surface area contributed by atoms with Gasteiger partial charge in [-0.1, -0.05) is 54.6 Å². The summed E-state index contributed by atoms with van der Waals surface area (Å²) in [6.45, 7) is 0. The first-order valence-corrected chi connectivity index (χ1v) is 8.92. The van der Waals surface area contributed by atoms with E-state index < -0.39 is 0 Å². The maximum atomic E-state index is 4.32. The molecule has 0 radical (unpaired) electrons. The number of hydrogen-bond acceptors (Lipinski definition) is 2. The number of benzene rings is 2. The van der Waals surface area contributed by atoms with Crippen LogP contribution >= 0.6 is 0 Å². The minimum Gasteiger partial charge on any atom is -0.378 e. The van der Waals surface area contributed by atoms with E-state index in [1.54, 1.807) is 0 Å². The highest BCUT2D eigenvalue weighted by atomic mass is 15.0. The number of nitrogens with one attached hydrogen (secondary N) is 1. The molecule has 1 aliphatic carbocycles. The molecule has 0 bridgehead atoms. The number of allylic oxidation sites excluding steroid dienone is 2. The number of rotatable bonds is 2. The molecule has 122 valence electrons. The lowest BCUT2D eigenvalue weighted by molar-refractivity contribution is 0.425. The zero-order valence-electron chi connectivity index (χ0n) is 14.0. The minimum absolute atomic E-state index is 0.323. The lowest BCUT2D eigenvalue weighted by atomic mass is 9.76. The van der Waals surface area contributed by atoms with Gasteiger partial charge in [-0.05, 0) is 52.8 Å². The Morgan fingerprint density at radius 2 is 1.84 bits per heavy atom. The fourth-order valence-electron chi connectivity index (χ4n) is 4.29. The molecule has 1 N–H and O–H groups in total. The number of nitrogens with zero attached hydrogens (tertiary/aromatic N) is 1. The largest absolute Gasteiger partial charge is 0.378 e. The molecule has 3 atom stereocenters. The van der Waals surface area contributed by atoms with Gasteiger partial charge in [-0.3, -0.25) is 4.98 Å². The Hall–Kier alpha value is -2.87. The van der Waals surface area contributed by atoms with Crippen LogP contribution in [0.4, 0.5) is 5.69 Å². The number of fused-ring (bicyclic) bond motifs is 3. The van der Waals surface area contributed by atoms with Crippen LogP contribution in [-0.2, 0) is 0 Å². The molecule has 2 heteroatoms. The molecule has 3 aromatic rings.